The van der Waals surface area contributed by atoms with Crippen LogP contribution in [0.1, 0.15) is 39.0 Å². The zero-order chi connectivity index (χ0) is 7.03. The Kier molecular flexibility index (Phi) is 1.48. The molecular weight excluding hydrogens is 122 g/mol. The first kappa shape index (κ1) is 6.66. The van der Waals surface area contributed by atoms with E-state index >= 15 is 0 Å². The summed E-state index contributed by atoms with van der Waals surface area (Å²) in [5, 5.41) is 0. The van der Waals surface area contributed by atoms with Gasteiger partial charge in [-0.2, -0.15) is 0 Å². The van der Waals surface area contributed by atoms with Gasteiger partial charge in [0.05, 0.1) is 0 Å². The first-order valence-corrected chi connectivity index (χ1v) is 4.62. The van der Waals surface area contributed by atoms with Gasteiger partial charge in [-0.1, -0.05) is 6.92 Å². The lowest BCUT2D eigenvalue weighted by atomic mass is 10.2. The highest BCUT2D eigenvalue weighted by atomic mass is 15.2. The minimum Gasteiger partial charge on any atom is -0.298 e. The summed E-state index contributed by atoms with van der Waals surface area (Å²) < 4.78 is 0. The first-order valence-electron chi connectivity index (χ1n) is 4.62. The van der Waals surface area contributed by atoms with Crippen LogP contribution in [0, 0.1) is 0 Å². The van der Waals surface area contributed by atoms with Gasteiger partial charge in [-0.05, 0) is 45.2 Å². The Balaban J connectivity index is 1.96. The lowest BCUT2D eigenvalue weighted by Gasteiger charge is -2.25. The Hall–Kier alpha value is -0.0400. The third-order valence-corrected chi connectivity index (χ3v) is 3.26. The third kappa shape index (κ3) is 0.878. The topological polar surface area (TPSA) is 3.24 Å². The summed E-state index contributed by atoms with van der Waals surface area (Å²) >= 11 is 0. The monoisotopic (exact) mass is 139 g/mol. The van der Waals surface area contributed by atoms with E-state index in [1.54, 1.807) is 0 Å². The summed E-state index contributed by atoms with van der Waals surface area (Å²) in [5.41, 5.74) is 0.705. The molecule has 0 atom stereocenters. The van der Waals surface area contributed by atoms with Gasteiger partial charge in [0.2, 0.25) is 0 Å². The normalized spacial score (nSPS) is 30.9. The van der Waals surface area contributed by atoms with E-state index in [9.17, 15) is 0 Å². The maximum absolute atomic E-state index is 2.72. The van der Waals surface area contributed by atoms with Gasteiger partial charge in [-0.25, -0.2) is 0 Å². The summed E-state index contributed by atoms with van der Waals surface area (Å²) in [4.78, 5) is 2.72. The van der Waals surface area contributed by atoms with E-state index in [0.717, 1.165) is 0 Å². The van der Waals surface area contributed by atoms with E-state index in [1.165, 1.54) is 45.2 Å². The molecule has 0 aromatic heterocycles. The molecule has 0 amide bonds. The highest BCUT2D eigenvalue weighted by Gasteiger charge is 2.46. The second kappa shape index (κ2) is 2.23. The van der Waals surface area contributed by atoms with Crippen LogP contribution in [0.4, 0.5) is 0 Å². The van der Waals surface area contributed by atoms with Crippen molar-refractivity contribution < 1.29 is 0 Å². The predicted molar refractivity (Wildman–Crippen MR) is 43.1 cm³/mol. The van der Waals surface area contributed by atoms with Crippen molar-refractivity contribution in [3.8, 4) is 0 Å². The van der Waals surface area contributed by atoms with Crippen LogP contribution >= 0.6 is 0 Å². The Morgan fingerprint density at radius 2 is 1.80 bits per heavy atom. The highest BCUT2D eigenvalue weighted by Crippen LogP contribution is 2.45. The quantitative estimate of drug-likeness (QED) is 0.565. The Bertz CT molecular complexity index is 121. The SMILES string of the molecule is CCC1(N2CCCC2)CC1. The Labute approximate surface area is 63.4 Å². The molecule has 0 radical (unpaired) electrons. The van der Waals surface area contributed by atoms with Crippen LogP contribution in [0.2, 0.25) is 0 Å². The number of likely N-dealkylation sites (tertiary alicyclic amines) is 1. The summed E-state index contributed by atoms with van der Waals surface area (Å²) in [6.45, 7) is 5.10. The zero-order valence-electron chi connectivity index (χ0n) is 6.90. The van der Waals surface area contributed by atoms with Crippen LogP contribution in [0.25, 0.3) is 0 Å². The lowest BCUT2D eigenvalue weighted by Crippen LogP contribution is -2.33. The molecule has 1 nitrogen and oxygen atoms in total. The van der Waals surface area contributed by atoms with Crippen molar-refractivity contribution in [3.63, 3.8) is 0 Å². The molecule has 2 aliphatic rings. The van der Waals surface area contributed by atoms with Crippen molar-refractivity contribution in [2.24, 2.45) is 0 Å². The molecule has 2 rings (SSSR count). The molecule has 1 heterocycles. The van der Waals surface area contributed by atoms with Crippen LogP contribution in [0.3, 0.4) is 0 Å². The van der Waals surface area contributed by atoms with Gasteiger partial charge < -0.3 is 0 Å². The van der Waals surface area contributed by atoms with Crippen LogP contribution in [-0.4, -0.2) is 23.5 Å². The summed E-state index contributed by atoms with van der Waals surface area (Å²) in [5.74, 6) is 0. The van der Waals surface area contributed by atoms with Crippen LogP contribution in [-0.2, 0) is 0 Å². The van der Waals surface area contributed by atoms with Crippen LogP contribution < -0.4 is 0 Å². The maximum Gasteiger partial charge on any atom is 0.0208 e. The molecular formula is C9H17N. The van der Waals surface area contributed by atoms with Gasteiger partial charge in [0.15, 0.2) is 0 Å². The second-order valence-corrected chi connectivity index (χ2v) is 3.77. The van der Waals surface area contributed by atoms with Gasteiger partial charge in [-0.3, -0.25) is 4.90 Å². The molecule has 0 bridgehead atoms. The average Bonchev–Trinajstić information content (AvgIpc) is 2.58. The standard InChI is InChI=1S/C9H17N/c1-2-9(5-6-9)10-7-3-4-8-10/h2-8H2,1H3. The molecule has 1 aliphatic carbocycles. The number of nitrogens with zero attached hydrogens (tertiary/aromatic N) is 1. The van der Waals surface area contributed by atoms with E-state index in [2.05, 4.69) is 11.8 Å². The minimum atomic E-state index is 0.705. The number of hydrogen-bond acceptors (Lipinski definition) is 1. The van der Waals surface area contributed by atoms with Gasteiger partial charge in [-0.15, -0.1) is 0 Å². The fourth-order valence-electron chi connectivity index (χ4n) is 2.23. The molecule has 0 N–H and O–H groups in total. The lowest BCUT2D eigenvalue weighted by molar-refractivity contribution is 0.215. The van der Waals surface area contributed by atoms with Crippen LogP contribution in [0.15, 0.2) is 0 Å². The summed E-state index contributed by atoms with van der Waals surface area (Å²) in [6.07, 6.45) is 7.23. The second-order valence-electron chi connectivity index (χ2n) is 3.77. The van der Waals surface area contributed by atoms with Gasteiger partial charge in [0.25, 0.3) is 0 Å². The largest absolute Gasteiger partial charge is 0.298 e. The first-order chi connectivity index (χ1) is 4.87. The molecule has 0 unspecified atom stereocenters. The van der Waals surface area contributed by atoms with E-state index in [0.29, 0.717) is 5.54 Å². The third-order valence-electron chi connectivity index (χ3n) is 3.26. The van der Waals surface area contributed by atoms with Crippen molar-refractivity contribution in [1.82, 2.24) is 4.90 Å². The molecule has 0 aromatic carbocycles. The zero-order valence-corrected chi connectivity index (χ0v) is 6.90. The molecule has 1 heteroatoms. The molecule has 0 aromatic rings. The Morgan fingerprint density at radius 1 is 1.20 bits per heavy atom. The van der Waals surface area contributed by atoms with Crippen molar-refractivity contribution in [3.05, 3.63) is 0 Å². The maximum atomic E-state index is 2.72. The Morgan fingerprint density at radius 3 is 2.20 bits per heavy atom. The molecule has 0 spiro atoms. The van der Waals surface area contributed by atoms with Crippen molar-refractivity contribution in [2.75, 3.05) is 13.1 Å². The van der Waals surface area contributed by atoms with Gasteiger partial charge in [0.1, 0.15) is 0 Å². The van der Waals surface area contributed by atoms with Crippen molar-refractivity contribution >= 4 is 0 Å². The number of rotatable bonds is 2. The highest BCUT2D eigenvalue weighted by molar-refractivity contribution is 5.03. The summed E-state index contributed by atoms with van der Waals surface area (Å²) in [6, 6.07) is 0. The van der Waals surface area contributed by atoms with E-state index < -0.39 is 0 Å². The van der Waals surface area contributed by atoms with Crippen LogP contribution in [0.5, 0.6) is 0 Å². The van der Waals surface area contributed by atoms with Gasteiger partial charge >= 0.3 is 0 Å². The molecule has 10 heavy (non-hydrogen) atoms. The molecule has 1 aliphatic heterocycles. The number of hydrogen-bond donors (Lipinski definition) is 0. The molecule has 1 saturated carbocycles. The molecule has 58 valence electrons. The fourth-order valence-corrected chi connectivity index (χ4v) is 2.23. The van der Waals surface area contributed by atoms with E-state index in [1.807, 2.05) is 0 Å². The predicted octanol–water partition coefficient (Wildman–Crippen LogP) is 2.02. The fraction of sp³-hybridized carbons (Fsp3) is 1.00. The van der Waals surface area contributed by atoms with E-state index in [-0.39, 0.29) is 0 Å². The molecule has 2 fully saturated rings. The smallest absolute Gasteiger partial charge is 0.0208 e. The molecule has 1 saturated heterocycles. The average molecular weight is 139 g/mol. The van der Waals surface area contributed by atoms with Crippen molar-refractivity contribution in [1.29, 1.82) is 0 Å². The van der Waals surface area contributed by atoms with E-state index in [4.69, 9.17) is 0 Å². The van der Waals surface area contributed by atoms with Crippen molar-refractivity contribution in [2.45, 2.75) is 44.6 Å². The minimum absolute atomic E-state index is 0.705. The van der Waals surface area contributed by atoms with Gasteiger partial charge in [0, 0.05) is 5.54 Å². The summed E-state index contributed by atoms with van der Waals surface area (Å²) in [7, 11) is 0.